The van der Waals surface area contributed by atoms with Crippen LogP contribution >= 0.6 is 0 Å². The van der Waals surface area contributed by atoms with Gasteiger partial charge in [0.25, 0.3) is 0 Å². The Labute approximate surface area is 197 Å². The lowest BCUT2D eigenvalue weighted by molar-refractivity contribution is -0.137. The van der Waals surface area contributed by atoms with Crippen molar-refractivity contribution in [3.63, 3.8) is 0 Å². The molecule has 0 unspecified atom stereocenters. The number of benzene rings is 2. The first-order valence-electron chi connectivity index (χ1n) is 11.0. The smallest absolute Gasteiger partial charge is 0.416 e. The second kappa shape index (κ2) is 11.1. The van der Waals surface area contributed by atoms with Crippen LogP contribution in [-0.2, 0) is 27.4 Å². The van der Waals surface area contributed by atoms with Gasteiger partial charge >= 0.3 is 6.18 Å². The number of carbonyl (C=O) groups is 1. The zero-order chi connectivity index (χ0) is 24.8. The molecule has 1 aliphatic rings. The number of nitrogens with zero attached hydrogens (tertiary/aromatic N) is 2. The minimum absolute atomic E-state index is 0.0218. The first-order chi connectivity index (χ1) is 16.1. The number of piperazine rings is 1. The SMILES string of the molecule is CCOc1ccc(CC(=O)NCCS(=O)(=O)N2CCN(c3cccc(C(F)(F)F)c3)CC2)cc1. The van der Waals surface area contributed by atoms with Crippen LogP contribution in [0, 0.1) is 0 Å². The molecule has 2 aromatic carbocycles. The van der Waals surface area contributed by atoms with Crippen molar-refractivity contribution in [3.8, 4) is 5.75 Å². The fourth-order valence-electron chi connectivity index (χ4n) is 3.67. The molecule has 1 N–H and O–H groups in total. The van der Waals surface area contributed by atoms with E-state index in [2.05, 4.69) is 5.32 Å². The van der Waals surface area contributed by atoms with Crippen LogP contribution in [0.3, 0.4) is 0 Å². The third-order valence-corrected chi connectivity index (χ3v) is 7.32. The van der Waals surface area contributed by atoms with Crippen LogP contribution in [-0.4, -0.2) is 63.7 Å². The van der Waals surface area contributed by atoms with Crippen molar-refractivity contribution in [2.45, 2.75) is 19.5 Å². The topological polar surface area (TPSA) is 78.9 Å². The van der Waals surface area contributed by atoms with E-state index in [0.29, 0.717) is 18.0 Å². The Morgan fingerprint density at radius 3 is 2.35 bits per heavy atom. The molecule has 1 amide bonds. The molecule has 1 aliphatic heterocycles. The summed E-state index contributed by atoms with van der Waals surface area (Å²) in [6, 6.07) is 12.1. The number of nitrogens with one attached hydrogen (secondary N) is 1. The van der Waals surface area contributed by atoms with E-state index < -0.39 is 21.8 Å². The number of halogens is 3. The van der Waals surface area contributed by atoms with E-state index >= 15 is 0 Å². The molecule has 0 spiro atoms. The van der Waals surface area contributed by atoms with Crippen molar-refractivity contribution in [1.29, 1.82) is 0 Å². The summed E-state index contributed by atoms with van der Waals surface area (Å²) in [5.41, 5.74) is 0.462. The number of amides is 1. The molecular formula is C23H28F3N3O4S. The van der Waals surface area contributed by atoms with E-state index in [1.54, 1.807) is 35.2 Å². The average molecular weight is 500 g/mol. The summed E-state index contributed by atoms with van der Waals surface area (Å²) in [7, 11) is -3.61. The Kier molecular flexibility index (Phi) is 8.42. The largest absolute Gasteiger partial charge is 0.494 e. The molecule has 0 aromatic heterocycles. The Bertz CT molecular complexity index is 1070. The number of alkyl halides is 3. The molecule has 11 heteroatoms. The van der Waals surface area contributed by atoms with Crippen molar-refractivity contribution in [2.75, 3.05) is 50.0 Å². The van der Waals surface area contributed by atoms with Crippen LogP contribution in [0.5, 0.6) is 5.75 Å². The maximum Gasteiger partial charge on any atom is 0.416 e. The summed E-state index contributed by atoms with van der Waals surface area (Å²) in [6.45, 7) is 3.30. The highest BCUT2D eigenvalue weighted by atomic mass is 32.2. The van der Waals surface area contributed by atoms with Gasteiger partial charge in [0, 0.05) is 38.4 Å². The molecule has 186 valence electrons. The van der Waals surface area contributed by atoms with Crippen molar-refractivity contribution in [3.05, 3.63) is 59.7 Å². The monoisotopic (exact) mass is 499 g/mol. The molecule has 0 saturated carbocycles. The fraction of sp³-hybridized carbons (Fsp3) is 0.435. The van der Waals surface area contributed by atoms with E-state index in [-0.39, 0.29) is 50.8 Å². The molecule has 1 heterocycles. The number of rotatable bonds is 9. The Balaban J connectivity index is 1.45. The highest BCUT2D eigenvalue weighted by Gasteiger charge is 2.32. The van der Waals surface area contributed by atoms with Gasteiger partial charge in [-0.05, 0) is 42.8 Å². The van der Waals surface area contributed by atoms with E-state index in [9.17, 15) is 26.4 Å². The molecule has 34 heavy (non-hydrogen) atoms. The molecule has 0 aliphatic carbocycles. The molecule has 1 fully saturated rings. The van der Waals surface area contributed by atoms with Gasteiger partial charge in [-0.25, -0.2) is 8.42 Å². The second-order valence-corrected chi connectivity index (χ2v) is 9.94. The third-order valence-electron chi connectivity index (χ3n) is 5.45. The van der Waals surface area contributed by atoms with Gasteiger partial charge in [0.2, 0.25) is 15.9 Å². The van der Waals surface area contributed by atoms with Gasteiger partial charge in [0.05, 0.1) is 24.3 Å². The quantitative estimate of drug-likeness (QED) is 0.574. The van der Waals surface area contributed by atoms with Crippen LogP contribution in [0.15, 0.2) is 48.5 Å². The van der Waals surface area contributed by atoms with E-state index in [1.165, 1.54) is 10.4 Å². The van der Waals surface area contributed by atoms with Crippen molar-refractivity contribution in [1.82, 2.24) is 9.62 Å². The maximum absolute atomic E-state index is 13.0. The first kappa shape index (κ1) is 25.8. The van der Waals surface area contributed by atoms with Gasteiger partial charge in [-0.1, -0.05) is 18.2 Å². The normalized spacial score (nSPS) is 15.2. The number of hydrogen-bond acceptors (Lipinski definition) is 5. The van der Waals surface area contributed by atoms with E-state index in [4.69, 9.17) is 4.74 Å². The van der Waals surface area contributed by atoms with Gasteiger partial charge in [-0.3, -0.25) is 4.79 Å². The van der Waals surface area contributed by atoms with Gasteiger partial charge in [-0.2, -0.15) is 17.5 Å². The van der Waals surface area contributed by atoms with E-state index in [1.807, 2.05) is 6.92 Å². The molecule has 7 nitrogen and oxygen atoms in total. The van der Waals surface area contributed by atoms with Crippen LogP contribution < -0.4 is 15.0 Å². The number of carbonyl (C=O) groups excluding carboxylic acids is 1. The predicted molar refractivity (Wildman–Crippen MR) is 123 cm³/mol. The molecule has 0 atom stereocenters. The predicted octanol–water partition coefficient (Wildman–Crippen LogP) is 2.91. The highest BCUT2D eigenvalue weighted by molar-refractivity contribution is 7.89. The van der Waals surface area contributed by atoms with Gasteiger partial charge in [-0.15, -0.1) is 0 Å². The minimum atomic E-state index is -4.43. The second-order valence-electron chi connectivity index (χ2n) is 7.85. The molecule has 0 radical (unpaired) electrons. The third kappa shape index (κ3) is 7.10. The van der Waals surface area contributed by atoms with Crippen LogP contribution in [0.2, 0.25) is 0 Å². The number of ether oxygens (including phenoxy) is 1. The molecular weight excluding hydrogens is 471 g/mol. The van der Waals surface area contributed by atoms with Gasteiger partial charge in [0.15, 0.2) is 0 Å². The highest BCUT2D eigenvalue weighted by Crippen LogP contribution is 2.32. The van der Waals surface area contributed by atoms with Crippen LogP contribution in [0.4, 0.5) is 18.9 Å². The molecule has 0 bridgehead atoms. The lowest BCUT2D eigenvalue weighted by Crippen LogP contribution is -2.50. The van der Waals surface area contributed by atoms with Crippen molar-refractivity contribution in [2.24, 2.45) is 0 Å². The zero-order valence-corrected chi connectivity index (χ0v) is 19.7. The number of anilines is 1. The summed E-state index contributed by atoms with van der Waals surface area (Å²) >= 11 is 0. The Morgan fingerprint density at radius 1 is 1.06 bits per heavy atom. The molecule has 2 aromatic rings. The summed E-state index contributed by atoms with van der Waals surface area (Å²) in [6.07, 6.45) is -4.30. The molecule has 1 saturated heterocycles. The van der Waals surface area contributed by atoms with Gasteiger partial charge < -0.3 is 15.0 Å². The zero-order valence-electron chi connectivity index (χ0n) is 18.8. The lowest BCUT2D eigenvalue weighted by atomic mass is 10.1. The summed E-state index contributed by atoms with van der Waals surface area (Å²) in [4.78, 5) is 13.9. The lowest BCUT2D eigenvalue weighted by Gasteiger charge is -2.35. The minimum Gasteiger partial charge on any atom is -0.494 e. The average Bonchev–Trinajstić information content (AvgIpc) is 2.80. The summed E-state index contributed by atoms with van der Waals surface area (Å²) in [5.74, 6) is 0.186. The van der Waals surface area contributed by atoms with Crippen molar-refractivity contribution >= 4 is 21.6 Å². The Hall–Kier alpha value is -2.79. The van der Waals surface area contributed by atoms with Crippen molar-refractivity contribution < 1.29 is 31.1 Å². The number of hydrogen-bond donors (Lipinski definition) is 1. The van der Waals surface area contributed by atoms with Crippen LogP contribution in [0.1, 0.15) is 18.1 Å². The summed E-state index contributed by atoms with van der Waals surface area (Å²) < 4.78 is 70.8. The van der Waals surface area contributed by atoms with Gasteiger partial charge in [0.1, 0.15) is 5.75 Å². The summed E-state index contributed by atoms with van der Waals surface area (Å²) in [5, 5.41) is 2.63. The fourth-order valence-corrected chi connectivity index (χ4v) is 5.01. The van der Waals surface area contributed by atoms with Crippen LogP contribution in [0.25, 0.3) is 0 Å². The molecule has 3 rings (SSSR count). The Morgan fingerprint density at radius 2 is 1.74 bits per heavy atom. The maximum atomic E-state index is 13.0. The number of sulfonamides is 1. The van der Waals surface area contributed by atoms with E-state index in [0.717, 1.165) is 17.7 Å². The standard InChI is InChI=1S/C23H28F3N3O4S/c1-2-33-21-8-6-18(7-9-21)16-22(30)27-10-15-34(31,32)29-13-11-28(12-14-29)20-5-3-4-19(17-20)23(24,25)26/h3-9,17H,2,10-16H2,1H3,(H,27,30). The first-order valence-corrected chi connectivity index (χ1v) is 12.6.